The van der Waals surface area contributed by atoms with E-state index in [0.29, 0.717) is 11.3 Å². The van der Waals surface area contributed by atoms with Gasteiger partial charge in [-0.3, -0.25) is 9.59 Å². The highest BCUT2D eigenvalue weighted by molar-refractivity contribution is 6.22. The molecule has 2 amide bonds. The maximum atomic E-state index is 12.7. The Morgan fingerprint density at radius 1 is 1.13 bits per heavy atom. The van der Waals surface area contributed by atoms with Gasteiger partial charge in [0, 0.05) is 6.08 Å². The molecule has 1 saturated carbocycles. The molecule has 4 atom stereocenters. The third-order valence-corrected chi connectivity index (χ3v) is 5.02. The van der Waals surface area contributed by atoms with E-state index >= 15 is 0 Å². The van der Waals surface area contributed by atoms with Crippen molar-refractivity contribution in [1.29, 1.82) is 0 Å². The molecule has 1 aromatic carbocycles. The first kappa shape index (κ1) is 13.9. The van der Waals surface area contributed by atoms with Gasteiger partial charge in [-0.25, -0.2) is 9.69 Å². The maximum Gasteiger partial charge on any atom is 0.328 e. The summed E-state index contributed by atoms with van der Waals surface area (Å²) in [5.74, 6) is -1.39. The second kappa shape index (κ2) is 4.91. The van der Waals surface area contributed by atoms with Crippen molar-refractivity contribution in [3.05, 3.63) is 48.1 Å². The first-order valence-electron chi connectivity index (χ1n) is 7.63. The van der Waals surface area contributed by atoms with E-state index in [1.807, 2.05) is 0 Å². The van der Waals surface area contributed by atoms with Crippen molar-refractivity contribution in [2.75, 3.05) is 4.90 Å². The average molecular weight is 309 g/mol. The number of aliphatic carboxylic acids is 1. The minimum Gasteiger partial charge on any atom is -0.478 e. The number of nitrogens with zero attached hydrogens (tertiary/aromatic N) is 1. The molecule has 0 aromatic heterocycles. The predicted octanol–water partition coefficient (Wildman–Crippen LogP) is 2.10. The van der Waals surface area contributed by atoms with Crippen LogP contribution in [-0.4, -0.2) is 22.9 Å². The molecule has 2 bridgehead atoms. The number of anilines is 1. The van der Waals surface area contributed by atoms with E-state index in [2.05, 4.69) is 12.2 Å². The Labute approximate surface area is 132 Å². The quantitative estimate of drug-likeness (QED) is 0.527. The fourth-order valence-electron chi connectivity index (χ4n) is 4.09. The lowest BCUT2D eigenvalue weighted by atomic mass is 9.85. The third kappa shape index (κ3) is 2.04. The van der Waals surface area contributed by atoms with Crippen LogP contribution in [0.1, 0.15) is 12.0 Å². The molecule has 4 rings (SSSR count). The predicted molar refractivity (Wildman–Crippen MR) is 83.3 cm³/mol. The molecule has 1 aliphatic heterocycles. The van der Waals surface area contributed by atoms with Gasteiger partial charge in [0.2, 0.25) is 11.8 Å². The standard InChI is InChI=1S/C18H15NO4/c20-14(21)7-4-10-2-1-3-13(8-10)19-17(22)15-11-5-6-12(9-11)16(15)18(19)23/h1-8,11-12,15-16H,9H2,(H,20,21)/b7-4+/t11-,12-,15-,16+/m0/s1. The summed E-state index contributed by atoms with van der Waals surface area (Å²) in [6.07, 6.45) is 7.51. The lowest BCUT2D eigenvalue weighted by Crippen LogP contribution is -2.32. The average Bonchev–Trinajstić information content (AvgIpc) is 3.20. The monoisotopic (exact) mass is 309 g/mol. The minimum atomic E-state index is -1.04. The van der Waals surface area contributed by atoms with Gasteiger partial charge in [0.25, 0.3) is 0 Å². The van der Waals surface area contributed by atoms with Crippen LogP contribution in [-0.2, 0) is 14.4 Å². The highest BCUT2D eigenvalue weighted by Crippen LogP contribution is 2.53. The molecule has 116 valence electrons. The van der Waals surface area contributed by atoms with E-state index in [-0.39, 0.29) is 35.5 Å². The van der Waals surface area contributed by atoms with E-state index in [1.54, 1.807) is 24.3 Å². The van der Waals surface area contributed by atoms with Crippen molar-refractivity contribution in [1.82, 2.24) is 0 Å². The van der Waals surface area contributed by atoms with Crippen LogP contribution in [0.5, 0.6) is 0 Å². The van der Waals surface area contributed by atoms with Crippen molar-refractivity contribution >= 4 is 29.5 Å². The van der Waals surface area contributed by atoms with Crippen LogP contribution in [0.4, 0.5) is 5.69 Å². The third-order valence-electron chi connectivity index (χ3n) is 5.02. The zero-order valence-corrected chi connectivity index (χ0v) is 12.3. The molecule has 5 heteroatoms. The number of benzene rings is 1. The fraction of sp³-hybridized carbons (Fsp3) is 0.278. The second-order valence-corrected chi connectivity index (χ2v) is 6.28. The summed E-state index contributed by atoms with van der Waals surface area (Å²) < 4.78 is 0. The zero-order valence-electron chi connectivity index (χ0n) is 12.3. The van der Waals surface area contributed by atoms with Crippen LogP contribution in [0, 0.1) is 23.7 Å². The first-order chi connectivity index (χ1) is 11.1. The van der Waals surface area contributed by atoms with Gasteiger partial charge < -0.3 is 5.11 Å². The number of rotatable bonds is 3. The van der Waals surface area contributed by atoms with Gasteiger partial charge in [0.15, 0.2) is 0 Å². The summed E-state index contributed by atoms with van der Waals surface area (Å²) in [6, 6.07) is 6.84. The molecular formula is C18H15NO4. The number of carbonyl (C=O) groups excluding carboxylic acids is 2. The van der Waals surface area contributed by atoms with E-state index in [9.17, 15) is 14.4 Å². The van der Waals surface area contributed by atoms with Crippen molar-refractivity contribution in [3.63, 3.8) is 0 Å². The number of hydrogen-bond donors (Lipinski definition) is 1. The van der Waals surface area contributed by atoms with Crippen LogP contribution >= 0.6 is 0 Å². The summed E-state index contributed by atoms with van der Waals surface area (Å²) in [5.41, 5.74) is 1.16. The highest BCUT2D eigenvalue weighted by atomic mass is 16.4. The lowest BCUT2D eigenvalue weighted by molar-refractivity contribution is -0.131. The van der Waals surface area contributed by atoms with Gasteiger partial charge in [-0.15, -0.1) is 0 Å². The molecule has 0 spiro atoms. The van der Waals surface area contributed by atoms with Crippen molar-refractivity contribution in [3.8, 4) is 0 Å². The summed E-state index contributed by atoms with van der Waals surface area (Å²) >= 11 is 0. The normalized spacial score (nSPS) is 31.4. The smallest absolute Gasteiger partial charge is 0.328 e. The highest BCUT2D eigenvalue weighted by Gasteiger charge is 2.59. The molecule has 1 aromatic rings. The van der Waals surface area contributed by atoms with Crippen LogP contribution in [0.2, 0.25) is 0 Å². The summed E-state index contributed by atoms with van der Waals surface area (Å²) in [4.78, 5) is 37.3. The van der Waals surface area contributed by atoms with Crippen molar-refractivity contribution in [2.45, 2.75) is 6.42 Å². The van der Waals surface area contributed by atoms with Gasteiger partial charge in [-0.05, 0) is 42.0 Å². The Hall–Kier alpha value is -2.69. The summed E-state index contributed by atoms with van der Waals surface area (Å²) in [7, 11) is 0. The number of carboxylic acids is 1. The Bertz CT molecular complexity index is 749. The van der Waals surface area contributed by atoms with E-state index < -0.39 is 5.97 Å². The Balaban J connectivity index is 1.67. The fourth-order valence-corrected chi connectivity index (χ4v) is 4.09. The van der Waals surface area contributed by atoms with Crippen LogP contribution in [0.25, 0.3) is 6.08 Å². The largest absolute Gasteiger partial charge is 0.478 e. The second-order valence-electron chi connectivity index (χ2n) is 6.28. The molecule has 2 aliphatic carbocycles. The summed E-state index contributed by atoms with van der Waals surface area (Å²) in [5, 5.41) is 8.70. The Kier molecular flexibility index (Phi) is 2.98. The molecule has 5 nitrogen and oxygen atoms in total. The molecular weight excluding hydrogens is 294 g/mol. The van der Waals surface area contributed by atoms with Gasteiger partial charge in [0.05, 0.1) is 17.5 Å². The molecule has 3 aliphatic rings. The first-order valence-corrected chi connectivity index (χ1v) is 7.63. The maximum absolute atomic E-state index is 12.7. The van der Waals surface area contributed by atoms with E-state index in [4.69, 9.17) is 5.11 Å². The molecule has 2 fully saturated rings. The van der Waals surface area contributed by atoms with Gasteiger partial charge in [0.1, 0.15) is 0 Å². The summed E-state index contributed by atoms with van der Waals surface area (Å²) in [6.45, 7) is 0. The van der Waals surface area contributed by atoms with Crippen molar-refractivity contribution in [2.24, 2.45) is 23.7 Å². The van der Waals surface area contributed by atoms with Crippen LogP contribution < -0.4 is 4.90 Å². The minimum absolute atomic E-state index is 0.129. The number of carboxylic acid groups (broad SMARTS) is 1. The SMILES string of the molecule is O=C(O)/C=C/c1cccc(N2C(=O)[C@@H]3[C@H](C2=O)[C@H]2C=C[C@H]3C2)c1. The van der Waals surface area contributed by atoms with Gasteiger partial charge >= 0.3 is 5.97 Å². The zero-order chi connectivity index (χ0) is 16.1. The molecule has 1 N–H and O–H groups in total. The number of amides is 2. The lowest BCUT2D eigenvalue weighted by Gasteiger charge is -2.17. The Morgan fingerprint density at radius 3 is 2.39 bits per heavy atom. The topological polar surface area (TPSA) is 74.7 Å². The van der Waals surface area contributed by atoms with E-state index in [1.165, 1.54) is 11.0 Å². The van der Waals surface area contributed by atoms with Crippen LogP contribution in [0.3, 0.4) is 0 Å². The number of allylic oxidation sites excluding steroid dienone is 2. The number of imide groups is 1. The molecule has 0 radical (unpaired) electrons. The van der Waals surface area contributed by atoms with E-state index in [0.717, 1.165) is 12.5 Å². The molecule has 1 saturated heterocycles. The molecule has 23 heavy (non-hydrogen) atoms. The van der Waals surface area contributed by atoms with Crippen LogP contribution in [0.15, 0.2) is 42.5 Å². The van der Waals surface area contributed by atoms with Gasteiger partial charge in [-0.1, -0.05) is 24.3 Å². The van der Waals surface area contributed by atoms with Crippen molar-refractivity contribution < 1.29 is 19.5 Å². The number of carbonyl (C=O) groups is 3. The van der Waals surface area contributed by atoms with Gasteiger partial charge in [-0.2, -0.15) is 0 Å². The number of fused-ring (bicyclic) bond motifs is 5. The Morgan fingerprint density at radius 2 is 1.78 bits per heavy atom. The molecule has 0 unspecified atom stereocenters. The number of hydrogen-bond acceptors (Lipinski definition) is 3. The molecule has 1 heterocycles.